The number of rotatable bonds is 4. The first-order valence-corrected chi connectivity index (χ1v) is 13.7. The molecule has 1 amide bonds. The molecule has 3 N–H and O–H groups in total. The van der Waals surface area contributed by atoms with E-state index in [9.17, 15) is 9.90 Å². The summed E-state index contributed by atoms with van der Waals surface area (Å²) in [6.07, 6.45) is 4.42. The SMILES string of the molecule is CC(C)(C)OC(=O)N1C[C@H](O)C[C@@H]1c1cccc(-c2cc(-c3ccnn3C3CCOCC3)c3c(N)ncnn23)c1. The van der Waals surface area contributed by atoms with Crippen molar-refractivity contribution in [2.45, 2.75) is 63.8 Å². The van der Waals surface area contributed by atoms with E-state index in [1.807, 2.05) is 61.8 Å². The second kappa shape index (κ2) is 10.2. The van der Waals surface area contributed by atoms with Gasteiger partial charge in [-0.15, -0.1) is 0 Å². The van der Waals surface area contributed by atoms with E-state index in [-0.39, 0.29) is 18.6 Å². The van der Waals surface area contributed by atoms with Crippen LogP contribution in [0.25, 0.3) is 28.0 Å². The summed E-state index contributed by atoms with van der Waals surface area (Å²) in [5.74, 6) is 0.377. The Morgan fingerprint density at radius 2 is 1.93 bits per heavy atom. The Morgan fingerprint density at radius 1 is 1.12 bits per heavy atom. The monoisotopic (exact) mass is 545 g/mol. The molecule has 2 aliphatic rings. The van der Waals surface area contributed by atoms with E-state index in [1.54, 1.807) is 4.90 Å². The number of aromatic nitrogens is 5. The van der Waals surface area contributed by atoms with Gasteiger partial charge in [-0.05, 0) is 63.8 Å². The molecule has 6 rings (SSSR count). The van der Waals surface area contributed by atoms with Crippen LogP contribution in [0.1, 0.15) is 57.7 Å². The lowest BCUT2D eigenvalue weighted by molar-refractivity contribution is 0.0206. The lowest BCUT2D eigenvalue weighted by atomic mass is 10.00. The number of amides is 1. The van der Waals surface area contributed by atoms with Gasteiger partial charge in [-0.2, -0.15) is 10.2 Å². The summed E-state index contributed by atoms with van der Waals surface area (Å²) in [6, 6.07) is 12.0. The summed E-state index contributed by atoms with van der Waals surface area (Å²) in [5.41, 5.74) is 11.0. The smallest absolute Gasteiger partial charge is 0.410 e. The number of carbonyl (C=O) groups is 1. The highest BCUT2D eigenvalue weighted by Crippen LogP contribution is 2.39. The molecular formula is C29H35N7O4. The zero-order valence-electron chi connectivity index (χ0n) is 23.0. The number of nitrogens with two attached hydrogens (primary N) is 1. The van der Waals surface area contributed by atoms with Crippen LogP contribution in [0.3, 0.4) is 0 Å². The zero-order chi connectivity index (χ0) is 28.0. The molecule has 210 valence electrons. The number of likely N-dealkylation sites (tertiary alicyclic amines) is 1. The van der Waals surface area contributed by atoms with Crippen LogP contribution in [-0.2, 0) is 9.47 Å². The Labute approximate surface area is 232 Å². The Bertz CT molecular complexity index is 1530. The van der Waals surface area contributed by atoms with Gasteiger partial charge in [0.2, 0.25) is 0 Å². The van der Waals surface area contributed by atoms with Gasteiger partial charge in [0.25, 0.3) is 0 Å². The number of carbonyl (C=O) groups excluding carboxylic acids is 1. The maximum absolute atomic E-state index is 13.0. The van der Waals surface area contributed by atoms with Crippen LogP contribution < -0.4 is 5.73 Å². The van der Waals surface area contributed by atoms with Gasteiger partial charge in [-0.1, -0.05) is 18.2 Å². The summed E-state index contributed by atoms with van der Waals surface area (Å²) < 4.78 is 15.1. The molecule has 0 aliphatic carbocycles. The third-order valence-corrected chi connectivity index (χ3v) is 7.54. The van der Waals surface area contributed by atoms with Crippen LogP contribution >= 0.6 is 0 Å². The predicted octanol–water partition coefficient (Wildman–Crippen LogP) is 4.24. The number of nitrogen functional groups attached to an aromatic ring is 1. The average Bonchev–Trinajstić information content (AvgIpc) is 3.65. The van der Waals surface area contributed by atoms with Gasteiger partial charge in [0.15, 0.2) is 5.82 Å². The Hall–Kier alpha value is -3.96. The van der Waals surface area contributed by atoms with Gasteiger partial charge < -0.3 is 20.3 Å². The quantitative estimate of drug-likeness (QED) is 0.389. The number of ether oxygens (including phenoxy) is 2. The number of hydrogen-bond donors (Lipinski definition) is 2. The molecule has 0 saturated carbocycles. The predicted molar refractivity (Wildman–Crippen MR) is 149 cm³/mol. The van der Waals surface area contributed by atoms with Gasteiger partial charge in [0, 0.05) is 30.5 Å². The van der Waals surface area contributed by atoms with E-state index < -0.39 is 17.8 Å². The molecule has 3 aromatic heterocycles. The Balaban J connectivity index is 1.41. The molecule has 2 fully saturated rings. The summed E-state index contributed by atoms with van der Waals surface area (Å²) in [5, 5.41) is 19.7. The number of benzene rings is 1. The largest absolute Gasteiger partial charge is 0.444 e. The molecule has 0 spiro atoms. The molecule has 1 aromatic carbocycles. The molecule has 2 atom stereocenters. The molecule has 11 nitrogen and oxygen atoms in total. The number of aliphatic hydroxyl groups excluding tert-OH is 1. The zero-order valence-corrected chi connectivity index (χ0v) is 23.0. The molecule has 11 heteroatoms. The topological polar surface area (TPSA) is 133 Å². The molecule has 0 bridgehead atoms. The molecule has 4 aromatic rings. The van der Waals surface area contributed by atoms with Crippen LogP contribution in [-0.4, -0.2) is 71.9 Å². The second-order valence-corrected chi connectivity index (χ2v) is 11.5. The first-order chi connectivity index (χ1) is 19.2. The van der Waals surface area contributed by atoms with Crippen molar-refractivity contribution in [3.8, 4) is 22.5 Å². The summed E-state index contributed by atoms with van der Waals surface area (Å²) >= 11 is 0. The number of anilines is 1. The first-order valence-electron chi connectivity index (χ1n) is 13.7. The van der Waals surface area contributed by atoms with Gasteiger partial charge in [0.1, 0.15) is 17.4 Å². The molecule has 2 saturated heterocycles. The number of fused-ring (bicyclic) bond motifs is 1. The first kappa shape index (κ1) is 26.3. The highest BCUT2D eigenvalue weighted by Gasteiger charge is 2.38. The average molecular weight is 546 g/mol. The summed E-state index contributed by atoms with van der Waals surface area (Å²) in [6.45, 7) is 7.15. The maximum atomic E-state index is 13.0. The van der Waals surface area contributed by atoms with Crippen molar-refractivity contribution in [2.75, 3.05) is 25.5 Å². The van der Waals surface area contributed by atoms with Crippen molar-refractivity contribution in [1.82, 2.24) is 29.3 Å². The molecule has 40 heavy (non-hydrogen) atoms. The van der Waals surface area contributed by atoms with E-state index in [0.29, 0.717) is 31.0 Å². The van der Waals surface area contributed by atoms with Crippen LogP contribution in [0, 0.1) is 0 Å². The second-order valence-electron chi connectivity index (χ2n) is 11.5. The van der Waals surface area contributed by atoms with E-state index in [4.69, 9.17) is 15.2 Å². The molecule has 2 aliphatic heterocycles. The lowest BCUT2D eigenvalue weighted by Crippen LogP contribution is -2.37. The molecule has 0 radical (unpaired) electrons. The maximum Gasteiger partial charge on any atom is 0.410 e. The molecular weight excluding hydrogens is 510 g/mol. The Morgan fingerprint density at radius 3 is 2.70 bits per heavy atom. The van der Waals surface area contributed by atoms with Crippen LogP contribution in [0.15, 0.2) is 48.9 Å². The molecule has 0 unspecified atom stereocenters. The fourth-order valence-corrected chi connectivity index (χ4v) is 5.77. The van der Waals surface area contributed by atoms with Crippen LogP contribution in [0.5, 0.6) is 0 Å². The van der Waals surface area contributed by atoms with Crippen molar-refractivity contribution in [2.24, 2.45) is 0 Å². The van der Waals surface area contributed by atoms with Gasteiger partial charge in [-0.3, -0.25) is 9.58 Å². The molecule has 5 heterocycles. The van der Waals surface area contributed by atoms with Gasteiger partial charge in [0.05, 0.1) is 36.1 Å². The Kier molecular flexibility index (Phi) is 6.71. The van der Waals surface area contributed by atoms with Crippen molar-refractivity contribution in [1.29, 1.82) is 0 Å². The highest BCUT2D eigenvalue weighted by atomic mass is 16.6. The number of β-amino-alcohol motifs (C(OH)–C–C–N with tert-alkyl or cyclic N) is 1. The van der Waals surface area contributed by atoms with Crippen molar-refractivity contribution >= 4 is 17.4 Å². The van der Waals surface area contributed by atoms with Gasteiger partial charge in [-0.25, -0.2) is 14.3 Å². The number of nitrogens with zero attached hydrogens (tertiary/aromatic N) is 6. The van der Waals surface area contributed by atoms with E-state index in [2.05, 4.69) is 25.9 Å². The number of aliphatic hydroxyl groups is 1. The van der Waals surface area contributed by atoms with Crippen molar-refractivity contribution in [3.63, 3.8) is 0 Å². The van der Waals surface area contributed by atoms with Crippen molar-refractivity contribution in [3.05, 3.63) is 54.5 Å². The number of hydrogen-bond acceptors (Lipinski definition) is 8. The van der Waals surface area contributed by atoms with Gasteiger partial charge >= 0.3 is 6.09 Å². The fraction of sp³-hybridized carbons (Fsp3) is 0.448. The minimum atomic E-state index is -0.630. The normalized spacial score (nSPS) is 20.4. The third-order valence-electron chi connectivity index (χ3n) is 7.54. The summed E-state index contributed by atoms with van der Waals surface area (Å²) in [4.78, 5) is 18.9. The van der Waals surface area contributed by atoms with E-state index >= 15 is 0 Å². The van der Waals surface area contributed by atoms with E-state index in [1.165, 1.54) is 6.33 Å². The van der Waals surface area contributed by atoms with Crippen molar-refractivity contribution < 1.29 is 19.4 Å². The summed E-state index contributed by atoms with van der Waals surface area (Å²) in [7, 11) is 0. The van der Waals surface area contributed by atoms with Crippen LogP contribution in [0.2, 0.25) is 0 Å². The van der Waals surface area contributed by atoms with E-state index in [0.717, 1.165) is 40.9 Å². The minimum Gasteiger partial charge on any atom is -0.444 e. The minimum absolute atomic E-state index is 0.224. The fourth-order valence-electron chi connectivity index (χ4n) is 5.77. The third kappa shape index (κ3) is 4.90. The lowest BCUT2D eigenvalue weighted by Gasteiger charge is -2.28. The standard InChI is InChI=1S/C29H35N7O4/c1-29(2,3)40-28(38)34-16-21(37)14-24(34)18-5-4-6-19(13-18)25-15-22(26-27(30)31-17-33-36(25)26)23-7-10-32-35(23)20-8-11-39-12-9-20/h4-7,10,13,15,17,20-21,24,37H,8-9,11-12,14,16H2,1-3H3,(H2,30,31,33)/t21-,24-/m1/s1. The highest BCUT2D eigenvalue weighted by molar-refractivity contribution is 5.91. The van der Waals surface area contributed by atoms with Crippen LogP contribution in [0.4, 0.5) is 10.6 Å².